The summed E-state index contributed by atoms with van der Waals surface area (Å²) in [5, 5.41) is 4.84. The predicted octanol–water partition coefficient (Wildman–Crippen LogP) is 1.35. The number of hydrogen-bond acceptors (Lipinski definition) is 7. The van der Waals surface area contributed by atoms with Crippen LogP contribution in [0.1, 0.15) is 24.8 Å². The van der Waals surface area contributed by atoms with Crippen LogP contribution in [0.15, 0.2) is 44.6 Å². The molecular weight excluding hydrogens is 410 g/mol. The van der Waals surface area contributed by atoms with Crippen molar-refractivity contribution in [2.45, 2.75) is 37.9 Å². The first-order valence-corrected chi connectivity index (χ1v) is 11.4. The summed E-state index contributed by atoms with van der Waals surface area (Å²) < 4.78 is 12.2. The first-order valence-electron chi connectivity index (χ1n) is 11.4. The molecule has 9 heteroatoms. The average Bonchev–Trinajstić information content (AvgIpc) is 3.49. The van der Waals surface area contributed by atoms with Crippen molar-refractivity contribution in [3.8, 4) is 5.82 Å². The third-order valence-electron chi connectivity index (χ3n) is 7.25. The molecule has 5 heterocycles. The van der Waals surface area contributed by atoms with E-state index in [0.717, 1.165) is 44.2 Å². The van der Waals surface area contributed by atoms with E-state index in [9.17, 15) is 9.59 Å². The standard InChI is InChI=1S/C23H27N5O4/c29-21-3-6-28(23(30)24-21)22-19-9-16(1-2-20(19)32-25-22)12-27-14-17-10-18(27)13-26(17)11-15-4-7-31-8-5-15/h1-3,6,9,15,17-18H,4-5,7-8,10-14H2,(H,24,29,30)/t17-,18-/m1/s1. The lowest BCUT2D eigenvalue weighted by Gasteiger charge is -2.36. The van der Waals surface area contributed by atoms with Gasteiger partial charge in [0.05, 0.1) is 5.39 Å². The molecule has 3 aliphatic rings. The molecule has 168 valence electrons. The lowest BCUT2D eigenvalue weighted by molar-refractivity contribution is 0.0400. The molecule has 0 amide bonds. The number of likely N-dealkylation sites (tertiary alicyclic amines) is 2. The maximum Gasteiger partial charge on any atom is 0.334 e. The minimum Gasteiger partial charge on any atom is -0.381 e. The van der Waals surface area contributed by atoms with Crippen molar-refractivity contribution in [2.24, 2.45) is 5.92 Å². The summed E-state index contributed by atoms with van der Waals surface area (Å²) in [6.07, 6.45) is 5.06. The zero-order valence-electron chi connectivity index (χ0n) is 17.9. The van der Waals surface area contributed by atoms with E-state index in [2.05, 4.69) is 26.0 Å². The second kappa shape index (κ2) is 7.99. The number of benzene rings is 1. The number of rotatable bonds is 5. The second-order valence-electron chi connectivity index (χ2n) is 9.30. The van der Waals surface area contributed by atoms with Gasteiger partial charge >= 0.3 is 5.69 Å². The zero-order valence-corrected chi connectivity index (χ0v) is 17.9. The van der Waals surface area contributed by atoms with Crippen molar-refractivity contribution in [1.29, 1.82) is 0 Å². The molecule has 0 spiro atoms. The van der Waals surface area contributed by atoms with Gasteiger partial charge in [0.15, 0.2) is 11.4 Å². The van der Waals surface area contributed by atoms with E-state index in [1.165, 1.54) is 48.2 Å². The first-order chi connectivity index (χ1) is 15.6. The number of piperazine rings is 1. The summed E-state index contributed by atoms with van der Waals surface area (Å²) in [5.41, 5.74) is 0.824. The molecule has 6 rings (SSSR count). The van der Waals surface area contributed by atoms with Crippen LogP contribution in [0.4, 0.5) is 0 Å². The summed E-state index contributed by atoms with van der Waals surface area (Å²) in [6, 6.07) is 8.57. The summed E-state index contributed by atoms with van der Waals surface area (Å²) in [7, 11) is 0. The van der Waals surface area contributed by atoms with Crippen molar-refractivity contribution < 1.29 is 9.26 Å². The van der Waals surface area contributed by atoms with E-state index in [-0.39, 0.29) is 0 Å². The van der Waals surface area contributed by atoms with Crippen LogP contribution < -0.4 is 11.2 Å². The number of nitrogens with zero attached hydrogens (tertiary/aromatic N) is 4. The van der Waals surface area contributed by atoms with Gasteiger partial charge in [-0.3, -0.25) is 19.6 Å². The average molecular weight is 438 g/mol. The maximum absolute atomic E-state index is 12.2. The number of H-pyrrole nitrogens is 1. The van der Waals surface area contributed by atoms with E-state index >= 15 is 0 Å². The number of hydrogen-bond donors (Lipinski definition) is 1. The Morgan fingerprint density at radius 3 is 2.66 bits per heavy atom. The molecule has 1 aromatic carbocycles. The van der Waals surface area contributed by atoms with Gasteiger partial charge < -0.3 is 9.26 Å². The van der Waals surface area contributed by atoms with Crippen molar-refractivity contribution in [2.75, 3.05) is 32.8 Å². The minimum atomic E-state index is -0.528. The third-order valence-corrected chi connectivity index (χ3v) is 7.25. The monoisotopic (exact) mass is 437 g/mol. The van der Waals surface area contributed by atoms with Gasteiger partial charge in [0.2, 0.25) is 0 Å². The van der Waals surface area contributed by atoms with Gasteiger partial charge in [0.25, 0.3) is 5.56 Å². The minimum absolute atomic E-state index is 0.397. The molecule has 3 fully saturated rings. The van der Waals surface area contributed by atoms with E-state index < -0.39 is 11.2 Å². The maximum atomic E-state index is 12.2. The molecule has 0 radical (unpaired) electrons. The molecule has 32 heavy (non-hydrogen) atoms. The molecule has 0 aliphatic carbocycles. The third kappa shape index (κ3) is 3.60. The van der Waals surface area contributed by atoms with Crippen LogP contribution in [0.2, 0.25) is 0 Å². The lowest BCUT2D eigenvalue weighted by Crippen LogP contribution is -2.47. The fraction of sp³-hybridized carbons (Fsp3) is 0.522. The number of nitrogens with one attached hydrogen (secondary N) is 1. The largest absolute Gasteiger partial charge is 0.381 e. The predicted molar refractivity (Wildman–Crippen MR) is 118 cm³/mol. The van der Waals surface area contributed by atoms with Gasteiger partial charge in [-0.15, -0.1) is 0 Å². The highest BCUT2D eigenvalue weighted by atomic mass is 16.5. The molecule has 2 aromatic heterocycles. The quantitative estimate of drug-likeness (QED) is 0.644. The molecule has 2 atom stereocenters. The van der Waals surface area contributed by atoms with Crippen molar-refractivity contribution in [1.82, 2.24) is 24.5 Å². The van der Waals surface area contributed by atoms with E-state index in [1.807, 2.05) is 12.1 Å². The Morgan fingerprint density at radius 1 is 1.06 bits per heavy atom. The normalized spacial score (nSPS) is 24.6. The van der Waals surface area contributed by atoms with Crippen LogP contribution in [-0.4, -0.2) is 69.4 Å². The van der Waals surface area contributed by atoms with Crippen molar-refractivity contribution in [3.63, 3.8) is 0 Å². The van der Waals surface area contributed by atoms with Crippen molar-refractivity contribution in [3.05, 3.63) is 56.9 Å². The van der Waals surface area contributed by atoms with Crippen LogP contribution in [0.5, 0.6) is 0 Å². The second-order valence-corrected chi connectivity index (χ2v) is 9.30. The Morgan fingerprint density at radius 2 is 1.88 bits per heavy atom. The number of ether oxygens (including phenoxy) is 1. The molecule has 3 aliphatic heterocycles. The molecule has 3 aromatic rings. The Hall–Kier alpha value is -2.75. The lowest BCUT2D eigenvalue weighted by atomic mass is 9.99. The van der Waals surface area contributed by atoms with E-state index in [1.54, 1.807) is 0 Å². The number of fused-ring (bicyclic) bond motifs is 3. The molecule has 9 nitrogen and oxygen atoms in total. The van der Waals surface area contributed by atoms with Gasteiger partial charge in [-0.05, 0) is 42.9 Å². The molecule has 1 N–H and O–H groups in total. The Balaban J connectivity index is 1.17. The Labute approximate surface area is 184 Å². The fourth-order valence-corrected chi connectivity index (χ4v) is 5.57. The Bertz CT molecular complexity index is 1240. The highest BCUT2D eigenvalue weighted by Crippen LogP contribution is 2.34. The summed E-state index contributed by atoms with van der Waals surface area (Å²) in [4.78, 5) is 31.1. The first kappa shape index (κ1) is 19.9. The summed E-state index contributed by atoms with van der Waals surface area (Å²) in [6.45, 7) is 6.15. The SMILES string of the molecule is O=c1ccn(-c2noc3ccc(CN4C[C@H]5C[C@@H]4CN5CC4CCOCC4)cc23)c(=O)[nH]1. The molecule has 3 saturated heterocycles. The topological polar surface area (TPSA) is 96.6 Å². The summed E-state index contributed by atoms with van der Waals surface area (Å²) >= 11 is 0. The van der Waals surface area contributed by atoms with Gasteiger partial charge in [-0.25, -0.2) is 9.36 Å². The highest BCUT2D eigenvalue weighted by Gasteiger charge is 2.43. The summed E-state index contributed by atoms with van der Waals surface area (Å²) in [5.74, 6) is 1.18. The zero-order chi connectivity index (χ0) is 21.7. The number of aromatic amines is 1. The highest BCUT2D eigenvalue weighted by molar-refractivity contribution is 5.84. The molecular formula is C23H27N5O4. The van der Waals surface area contributed by atoms with Crippen LogP contribution in [0.25, 0.3) is 16.8 Å². The Kier molecular flexibility index (Phi) is 4.97. The van der Waals surface area contributed by atoms with Gasteiger partial charge in [-0.1, -0.05) is 11.2 Å². The fourth-order valence-electron chi connectivity index (χ4n) is 5.57. The molecule has 2 bridgehead atoms. The van der Waals surface area contributed by atoms with E-state index in [0.29, 0.717) is 23.5 Å². The van der Waals surface area contributed by atoms with Crippen molar-refractivity contribution >= 4 is 11.0 Å². The smallest absolute Gasteiger partial charge is 0.334 e. The molecule has 0 unspecified atom stereocenters. The van der Waals surface area contributed by atoms with Crippen LogP contribution in [0.3, 0.4) is 0 Å². The molecule has 0 saturated carbocycles. The van der Waals surface area contributed by atoms with Crippen LogP contribution in [0, 0.1) is 5.92 Å². The van der Waals surface area contributed by atoms with Crippen LogP contribution >= 0.6 is 0 Å². The van der Waals surface area contributed by atoms with Gasteiger partial charge in [0, 0.05) is 63.7 Å². The number of aromatic nitrogens is 3. The van der Waals surface area contributed by atoms with Gasteiger partial charge in [0.1, 0.15) is 0 Å². The van der Waals surface area contributed by atoms with Gasteiger partial charge in [-0.2, -0.15) is 0 Å². The van der Waals surface area contributed by atoms with Crippen LogP contribution in [-0.2, 0) is 11.3 Å². The van der Waals surface area contributed by atoms with E-state index in [4.69, 9.17) is 9.26 Å².